The van der Waals surface area contributed by atoms with Gasteiger partial charge in [-0.15, -0.1) is 0 Å². The minimum absolute atomic E-state index is 0.196. The molecule has 7 heteroatoms. The Morgan fingerprint density at radius 3 is 2.65 bits per heavy atom. The molecule has 3 aliphatic heterocycles. The van der Waals surface area contributed by atoms with E-state index in [1.54, 1.807) is 0 Å². The van der Waals surface area contributed by atoms with E-state index in [0.29, 0.717) is 19.8 Å². The van der Waals surface area contributed by atoms with Gasteiger partial charge in [0.05, 0.1) is 6.54 Å². The number of urea groups is 1. The Hall–Kier alpha value is -1.99. The maximum absolute atomic E-state index is 13.9. The molecule has 1 aromatic rings. The third-order valence-electron chi connectivity index (χ3n) is 7.36. The van der Waals surface area contributed by atoms with Crippen molar-refractivity contribution in [1.29, 1.82) is 0 Å². The third kappa shape index (κ3) is 3.55. The zero-order valence-corrected chi connectivity index (χ0v) is 18.8. The summed E-state index contributed by atoms with van der Waals surface area (Å²) in [6.45, 7) is 8.48. The molecule has 3 fully saturated rings. The number of fused-ring (bicyclic) bond motifs is 1. The van der Waals surface area contributed by atoms with Gasteiger partial charge < -0.3 is 19.7 Å². The Balaban J connectivity index is 1.67. The number of hydrogen-bond acceptors (Lipinski definition) is 5. The molecule has 0 radical (unpaired) electrons. The number of rotatable bonds is 5. The van der Waals surface area contributed by atoms with Crippen LogP contribution in [0, 0.1) is 0 Å². The Labute approximate surface area is 185 Å². The first-order chi connectivity index (χ1) is 15.3. The van der Waals surface area contributed by atoms with Crippen LogP contribution in [-0.2, 0) is 5.66 Å². The highest BCUT2D eigenvalue weighted by molar-refractivity contribution is 5.79. The topological polar surface area (TPSA) is 57.3 Å². The van der Waals surface area contributed by atoms with Crippen LogP contribution in [0.25, 0.3) is 0 Å². The van der Waals surface area contributed by atoms with Gasteiger partial charge in [0.15, 0.2) is 11.5 Å². The van der Waals surface area contributed by atoms with Crippen LogP contribution in [0.1, 0.15) is 51.0 Å². The fourth-order valence-corrected chi connectivity index (χ4v) is 6.02. The van der Waals surface area contributed by atoms with Crippen molar-refractivity contribution in [3.8, 4) is 11.5 Å². The number of nitrogens with zero attached hydrogens (tertiary/aromatic N) is 3. The monoisotopic (exact) mass is 428 g/mol. The number of amides is 2. The predicted octanol–water partition coefficient (Wildman–Crippen LogP) is 3.00. The Morgan fingerprint density at radius 1 is 1.10 bits per heavy atom. The number of benzene rings is 1. The van der Waals surface area contributed by atoms with Crippen LogP contribution in [0.5, 0.6) is 11.5 Å². The lowest BCUT2D eigenvalue weighted by atomic mass is 9.88. The Bertz CT molecular complexity index is 791. The molecule has 1 aromatic carbocycles. The van der Waals surface area contributed by atoms with E-state index < -0.39 is 5.66 Å². The van der Waals surface area contributed by atoms with E-state index in [1.807, 2.05) is 6.07 Å². The van der Waals surface area contributed by atoms with Crippen molar-refractivity contribution in [2.45, 2.75) is 57.2 Å². The second-order valence-corrected chi connectivity index (χ2v) is 9.25. The summed E-state index contributed by atoms with van der Waals surface area (Å²) >= 11 is 0. The van der Waals surface area contributed by atoms with Crippen molar-refractivity contribution in [3.63, 3.8) is 0 Å². The molecule has 1 atom stereocenters. The molecule has 1 saturated carbocycles. The molecule has 5 rings (SSSR count). The van der Waals surface area contributed by atoms with Crippen LogP contribution in [0.2, 0.25) is 0 Å². The number of ether oxygens (including phenoxy) is 2. The second kappa shape index (κ2) is 8.87. The highest BCUT2D eigenvalue weighted by atomic mass is 16.6. The van der Waals surface area contributed by atoms with Crippen molar-refractivity contribution in [3.05, 3.63) is 23.8 Å². The number of carbonyl (C=O) groups is 1. The van der Waals surface area contributed by atoms with Crippen molar-refractivity contribution < 1.29 is 14.3 Å². The molecule has 170 valence electrons. The van der Waals surface area contributed by atoms with E-state index in [1.165, 1.54) is 19.3 Å². The van der Waals surface area contributed by atoms with Gasteiger partial charge in [-0.05, 0) is 25.3 Å². The zero-order valence-electron chi connectivity index (χ0n) is 18.8. The van der Waals surface area contributed by atoms with Gasteiger partial charge in [0.25, 0.3) is 0 Å². The van der Waals surface area contributed by atoms with Gasteiger partial charge >= 0.3 is 6.03 Å². The van der Waals surface area contributed by atoms with Crippen molar-refractivity contribution in [2.75, 3.05) is 52.5 Å². The minimum atomic E-state index is -0.512. The fraction of sp³-hybridized carbons (Fsp3) is 0.708. The summed E-state index contributed by atoms with van der Waals surface area (Å²) in [4.78, 5) is 20.8. The standard InChI is InChI=1S/C24H36N4O3/c1-2-13-26-18-24(27-14-11-25-12-15-27,28(23(26)29)19-7-4-3-5-8-19)20-9-6-10-21-22(20)31-17-16-30-21/h6,9-10,19,25H,2-5,7-8,11-18H2,1H3. The molecule has 7 nitrogen and oxygen atoms in total. The molecule has 1 aliphatic carbocycles. The van der Waals surface area contributed by atoms with Gasteiger partial charge in [0, 0.05) is 44.3 Å². The Kier molecular flexibility index (Phi) is 5.97. The quantitative estimate of drug-likeness (QED) is 0.781. The maximum Gasteiger partial charge on any atom is 0.322 e. The molecule has 0 aromatic heterocycles. The van der Waals surface area contributed by atoms with Crippen molar-refractivity contribution in [1.82, 2.24) is 20.0 Å². The van der Waals surface area contributed by atoms with E-state index in [9.17, 15) is 4.79 Å². The number of para-hydroxylation sites is 1. The summed E-state index contributed by atoms with van der Waals surface area (Å²) in [5.74, 6) is 1.64. The van der Waals surface area contributed by atoms with Gasteiger partial charge in [0.1, 0.15) is 18.9 Å². The normalized spacial score (nSPS) is 27.7. The molecular weight excluding hydrogens is 392 g/mol. The summed E-state index contributed by atoms with van der Waals surface area (Å²) in [5.41, 5.74) is 0.590. The van der Waals surface area contributed by atoms with Gasteiger partial charge in [-0.1, -0.05) is 38.3 Å². The van der Waals surface area contributed by atoms with E-state index in [2.05, 4.69) is 39.1 Å². The van der Waals surface area contributed by atoms with Crippen LogP contribution >= 0.6 is 0 Å². The van der Waals surface area contributed by atoms with E-state index in [4.69, 9.17) is 9.47 Å². The minimum Gasteiger partial charge on any atom is -0.486 e. The number of nitrogens with one attached hydrogen (secondary N) is 1. The highest BCUT2D eigenvalue weighted by Crippen LogP contribution is 2.49. The molecular formula is C24H36N4O3. The predicted molar refractivity (Wildman–Crippen MR) is 120 cm³/mol. The number of hydrogen-bond donors (Lipinski definition) is 1. The number of carbonyl (C=O) groups excluding carboxylic acids is 1. The molecule has 1 unspecified atom stereocenters. The second-order valence-electron chi connectivity index (χ2n) is 9.25. The average molecular weight is 429 g/mol. The van der Waals surface area contributed by atoms with Crippen LogP contribution in [0.4, 0.5) is 4.79 Å². The summed E-state index contributed by atoms with van der Waals surface area (Å²) in [6.07, 6.45) is 6.82. The summed E-state index contributed by atoms with van der Waals surface area (Å²) in [7, 11) is 0. The Morgan fingerprint density at radius 2 is 1.87 bits per heavy atom. The van der Waals surface area contributed by atoms with Gasteiger partial charge in [-0.25, -0.2) is 4.79 Å². The van der Waals surface area contributed by atoms with Crippen LogP contribution < -0.4 is 14.8 Å². The van der Waals surface area contributed by atoms with Gasteiger partial charge in [-0.2, -0.15) is 0 Å². The number of piperazine rings is 1. The zero-order chi connectivity index (χ0) is 21.3. The molecule has 4 aliphatic rings. The lowest BCUT2D eigenvalue weighted by Gasteiger charge is -2.51. The average Bonchev–Trinajstić information content (AvgIpc) is 3.13. The van der Waals surface area contributed by atoms with Gasteiger partial charge in [-0.3, -0.25) is 9.80 Å². The third-order valence-corrected chi connectivity index (χ3v) is 7.36. The fourth-order valence-electron chi connectivity index (χ4n) is 6.02. The SMILES string of the molecule is CCCN1CC(c2cccc3c2OCCO3)(N2CCNCC2)N(C2CCCCC2)C1=O. The molecule has 31 heavy (non-hydrogen) atoms. The first-order valence-corrected chi connectivity index (χ1v) is 12.2. The first kappa shape index (κ1) is 20.9. The first-order valence-electron chi connectivity index (χ1n) is 12.2. The van der Waals surface area contributed by atoms with E-state index >= 15 is 0 Å². The van der Waals surface area contributed by atoms with Crippen LogP contribution in [0.15, 0.2) is 18.2 Å². The highest BCUT2D eigenvalue weighted by Gasteiger charge is 2.58. The lowest BCUT2D eigenvalue weighted by molar-refractivity contribution is -0.0486. The van der Waals surface area contributed by atoms with Crippen molar-refractivity contribution >= 4 is 6.03 Å². The smallest absolute Gasteiger partial charge is 0.322 e. The van der Waals surface area contributed by atoms with Crippen LogP contribution in [0.3, 0.4) is 0 Å². The largest absolute Gasteiger partial charge is 0.486 e. The molecule has 3 heterocycles. The summed E-state index contributed by atoms with van der Waals surface area (Å²) < 4.78 is 12.2. The molecule has 0 bridgehead atoms. The molecule has 2 saturated heterocycles. The summed E-state index contributed by atoms with van der Waals surface area (Å²) in [5, 5.41) is 3.50. The lowest BCUT2D eigenvalue weighted by Crippen LogP contribution is -2.64. The van der Waals surface area contributed by atoms with Crippen LogP contribution in [-0.4, -0.2) is 79.3 Å². The summed E-state index contributed by atoms with van der Waals surface area (Å²) in [6, 6.07) is 6.71. The molecule has 2 amide bonds. The van der Waals surface area contributed by atoms with Gasteiger partial charge in [0.2, 0.25) is 0 Å². The molecule has 0 spiro atoms. The molecule has 1 N–H and O–H groups in total. The van der Waals surface area contributed by atoms with E-state index in [0.717, 1.165) is 69.0 Å². The maximum atomic E-state index is 13.9. The van der Waals surface area contributed by atoms with E-state index in [-0.39, 0.29) is 12.1 Å². The van der Waals surface area contributed by atoms with Crippen molar-refractivity contribution in [2.24, 2.45) is 0 Å².